The molecular weight excluding hydrogens is 376 g/mol. The van der Waals surface area contributed by atoms with Crippen molar-refractivity contribution in [3.05, 3.63) is 35.4 Å². The molecule has 1 unspecified atom stereocenters. The number of rotatable bonds is 5. The second-order valence-corrected chi connectivity index (χ2v) is 6.26. The Hall–Kier alpha value is -3.15. The topological polar surface area (TPSA) is 128 Å². The molecule has 0 spiro atoms. The van der Waals surface area contributed by atoms with Gasteiger partial charge in [0.2, 0.25) is 17.8 Å². The van der Waals surface area contributed by atoms with Gasteiger partial charge in [0, 0.05) is 25.2 Å². The van der Waals surface area contributed by atoms with Crippen LogP contribution in [0.1, 0.15) is 5.56 Å². The maximum Gasteiger partial charge on any atom is 0.244 e. The second-order valence-electron chi connectivity index (χ2n) is 6.26. The van der Waals surface area contributed by atoms with Crippen LogP contribution < -0.4 is 11.1 Å². The van der Waals surface area contributed by atoms with E-state index < -0.39 is 23.5 Å². The van der Waals surface area contributed by atoms with Crippen LogP contribution in [0.5, 0.6) is 0 Å². The van der Waals surface area contributed by atoms with Crippen molar-refractivity contribution in [2.24, 2.45) is 5.92 Å². The van der Waals surface area contributed by atoms with Crippen molar-refractivity contribution in [2.45, 2.75) is 13.1 Å². The molecule has 28 heavy (non-hydrogen) atoms. The number of nitrogen functional groups attached to an aromatic ring is 1. The minimum absolute atomic E-state index is 0.00540. The molecule has 0 saturated carbocycles. The molecule has 1 aliphatic rings. The van der Waals surface area contributed by atoms with E-state index in [4.69, 9.17) is 10.5 Å². The molecular formula is C16H19F2N7O3. The summed E-state index contributed by atoms with van der Waals surface area (Å²) in [5.74, 6) is -2.61. The molecule has 150 valence electrons. The molecule has 1 fully saturated rings. The van der Waals surface area contributed by atoms with E-state index in [2.05, 4.69) is 20.8 Å². The zero-order chi connectivity index (χ0) is 20.1. The molecule has 0 radical (unpaired) electrons. The Kier molecular flexibility index (Phi) is 6.09. The van der Waals surface area contributed by atoms with Crippen LogP contribution in [-0.2, 0) is 27.4 Å². The van der Waals surface area contributed by atoms with E-state index in [0.717, 1.165) is 22.9 Å². The van der Waals surface area contributed by atoms with E-state index in [1.807, 2.05) is 0 Å². The number of nitrogens with one attached hydrogen (secondary N) is 1. The van der Waals surface area contributed by atoms with Gasteiger partial charge in [0.05, 0.1) is 19.1 Å². The average molecular weight is 395 g/mol. The number of nitrogens with two attached hydrogens (primary N) is 1. The third-order valence-corrected chi connectivity index (χ3v) is 4.29. The van der Waals surface area contributed by atoms with Gasteiger partial charge in [-0.25, -0.2) is 13.5 Å². The number of ether oxygens (including phenoxy) is 1. The monoisotopic (exact) mass is 395 g/mol. The summed E-state index contributed by atoms with van der Waals surface area (Å²) in [6, 6.07) is 3.02. The fourth-order valence-electron chi connectivity index (χ4n) is 2.75. The first-order chi connectivity index (χ1) is 13.4. The summed E-state index contributed by atoms with van der Waals surface area (Å²) < 4.78 is 33.5. The van der Waals surface area contributed by atoms with Gasteiger partial charge in [-0.2, -0.15) is 0 Å². The fourth-order valence-corrected chi connectivity index (χ4v) is 2.75. The fraction of sp³-hybridized carbons (Fsp3) is 0.438. The first-order valence-corrected chi connectivity index (χ1v) is 8.53. The van der Waals surface area contributed by atoms with Crippen molar-refractivity contribution < 1.29 is 23.1 Å². The SMILES string of the molecule is Nc1nnnn1CC(=O)N1CCOCC(C(=O)NCc2cc(F)ccc2F)C1. The van der Waals surface area contributed by atoms with Gasteiger partial charge in [0.25, 0.3) is 0 Å². The van der Waals surface area contributed by atoms with Gasteiger partial charge in [-0.15, -0.1) is 0 Å². The van der Waals surface area contributed by atoms with E-state index in [1.165, 1.54) is 4.90 Å². The number of aromatic nitrogens is 4. The third kappa shape index (κ3) is 4.76. The van der Waals surface area contributed by atoms with Crippen LogP contribution in [0.4, 0.5) is 14.7 Å². The number of carbonyl (C=O) groups is 2. The van der Waals surface area contributed by atoms with Crippen LogP contribution in [0, 0.1) is 17.6 Å². The predicted molar refractivity (Wildman–Crippen MR) is 91.3 cm³/mol. The number of anilines is 1. The highest BCUT2D eigenvalue weighted by Gasteiger charge is 2.28. The molecule has 0 aliphatic carbocycles. The summed E-state index contributed by atoms with van der Waals surface area (Å²) in [6.45, 7) is 0.435. The van der Waals surface area contributed by atoms with E-state index in [0.29, 0.717) is 6.54 Å². The average Bonchev–Trinajstić information content (AvgIpc) is 2.93. The number of hydrogen-bond donors (Lipinski definition) is 2. The zero-order valence-electron chi connectivity index (χ0n) is 14.8. The summed E-state index contributed by atoms with van der Waals surface area (Å²) in [5.41, 5.74) is 5.58. The molecule has 10 nitrogen and oxygen atoms in total. The number of hydrogen-bond acceptors (Lipinski definition) is 7. The number of benzene rings is 1. The van der Waals surface area contributed by atoms with Crippen molar-refractivity contribution >= 4 is 17.8 Å². The number of carbonyl (C=O) groups excluding carboxylic acids is 2. The van der Waals surface area contributed by atoms with Crippen molar-refractivity contribution in [3.8, 4) is 0 Å². The Morgan fingerprint density at radius 2 is 2.18 bits per heavy atom. The van der Waals surface area contributed by atoms with Gasteiger partial charge >= 0.3 is 0 Å². The quantitative estimate of drug-likeness (QED) is 0.687. The lowest BCUT2D eigenvalue weighted by molar-refractivity contribution is -0.133. The summed E-state index contributed by atoms with van der Waals surface area (Å²) in [4.78, 5) is 26.4. The van der Waals surface area contributed by atoms with Gasteiger partial charge in [-0.1, -0.05) is 5.10 Å². The van der Waals surface area contributed by atoms with Crippen molar-refractivity contribution in [2.75, 3.05) is 32.0 Å². The van der Waals surface area contributed by atoms with E-state index >= 15 is 0 Å². The molecule has 1 aromatic heterocycles. The summed E-state index contributed by atoms with van der Waals surface area (Å²) >= 11 is 0. The Bertz CT molecular complexity index is 861. The molecule has 0 bridgehead atoms. The van der Waals surface area contributed by atoms with Crippen LogP contribution >= 0.6 is 0 Å². The molecule has 2 amide bonds. The minimum atomic E-state index is -0.658. The van der Waals surface area contributed by atoms with Crippen molar-refractivity contribution in [1.29, 1.82) is 0 Å². The molecule has 1 aromatic carbocycles. The number of amides is 2. The number of nitrogens with zero attached hydrogens (tertiary/aromatic N) is 5. The van der Waals surface area contributed by atoms with Gasteiger partial charge in [0.15, 0.2) is 0 Å². The number of halogens is 2. The van der Waals surface area contributed by atoms with Crippen LogP contribution in [0.2, 0.25) is 0 Å². The predicted octanol–water partition coefficient (Wildman–Crippen LogP) is -0.675. The smallest absolute Gasteiger partial charge is 0.244 e. The minimum Gasteiger partial charge on any atom is -0.379 e. The lowest BCUT2D eigenvalue weighted by Gasteiger charge is -2.23. The lowest BCUT2D eigenvalue weighted by Crippen LogP contribution is -2.43. The maximum atomic E-state index is 13.7. The lowest BCUT2D eigenvalue weighted by atomic mass is 10.1. The first kappa shape index (κ1) is 19.6. The molecule has 2 heterocycles. The van der Waals surface area contributed by atoms with E-state index in [9.17, 15) is 18.4 Å². The summed E-state index contributed by atoms with van der Waals surface area (Å²) in [5, 5.41) is 13.0. The molecule has 1 saturated heterocycles. The van der Waals surface area contributed by atoms with Gasteiger partial charge in [-0.05, 0) is 28.6 Å². The summed E-state index contributed by atoms with van der Waals surface area (Å²) in [6.07, 6.45) is 0. The van der Waals surface area contributed by atoms with Crippen LogP contribution in [0.25, 0.3) is 0 Å². The Morgan fingerprint density at radius 3 is 2.93 bits per heavy atom. The highest BCUT2D eigenvalue weighted by molar-refractivity contribution is 5.81. The molecule has 12 heteroatoms. The Labute approximate surface area is 158 Å². The van der Waals surface area contributed by atoms with E-state index in [1.54, 1.807) is 0 Å². The Morgan fingerprint density at radius 1 is 1.36 bits per heavy atom. The first-order valence-electron chi connectivity index (χ1n) is 8.53. The van der Waals surface area contributed by atoms with Gasteiger partial charge in [0.1, 0.15) is 18.2 Å². The molecule has 3 rings (SSSR count). The highest BCUT2D eigenvalue weighted by atomic mass is 19.1. The largest absolute Gasteiger partial charge is 0.379 e. The Balaban J connectivity index is 1.59. The maximum absolute atomic E-state index is 13.7. The number of tetrazole rings is 1. The second kappa shape index (κ2) is 8.69. The van der Waals surface area contributed by atoms with E-state index in [-0.39, 0.29) is 50.3 Å². The van der Waals surface area contributed by atoms with Crippen LogP contribution in [0.3, 0.4) is 0 Å². The zero-order valence-corrected chi connectivity index (χ0v) is 14.8. The van der Waals surface area contributed by atoms with Crippen molar-refractivity contribution in [1.82, 2.24) is 30.4 Å². The van der Waals surface area contributed by atoms with Gasteiger partial charge < -0.3 is 20.7 Å². The normalized spacial score (nSPS) is 17.2. The molecule has 3 N–H and O–H groups in total. The summed E-state index contributed by atoms with van der Waals surface area (Å²) in [7, 11) is 0. The van der Waals surface area contributed by atoms with Crippen LogP contribution in [0.15, 0.2) is 18.2 Å². The van der Waals surface area contributed by atoms with Crippen LogP contribution in [-0.4, -0.2) is 63.2 Å². The van der Waals surface area contributed by atoms with Crippen molar-refractivity contribution in [3.63, 3.8) is 0 Å². The van der Waals surface area contributed by atoms with Gasteiger partial charge in [-0.3, -0.25) is 9.59 Å². The molecule has 1 aliphatic heterocycles. The standard InChI is InChI=1S/C16H19F2N7O3/c17-12-1-2-13(18)10(5-12)6-20-15(27)11-7-24(3-4-28-9-11)14(26)8-25-16(19)21-22-23-25/h1-2,5,11H,3-4,6-9H2,(H,20,27)(H2,19,21,23). The third-order valence-electron chi connectivity index (χ3n) is 4.29. The molecule has 1 atom stereocenters. The highest BCUT2D eigenvalue weighted by Crippen LogP contribution is 2.12. The molecule has 2 aromatic rings.